The van der Waals surface area contributed by atoms with Gasteiger partial charge in [-0.2, -0.15) is 0 Å². The first kappa shape index (κ1) is 24.7. The van der Waals surface area contributed by atoms with Crippen molar-refractivity contribution in [3.63, 3.8) is 0 Å². The van der Waals surface area contributed by atoms with Crippen LogP contribution in [-0.2, 0) is 19.6 Å². The molecule has 0 radical (unpaired) electrons. The summed E-state index contributed by atoms with van der Waals surface area (Å²) in [6, 6.07) is 2.02. The van der Waals surface area contributed by atoms with Gasteiger partial charge < -0.3 is 10.1 Å². The van der Waals surface area contributed by atoms with Crippen molar-refractivity contribution in [2.75, 3.05) is 32.6 Å². The minimum Gasteiger partial charge on any atom is -0.384 e. The summed E-state index contributed by atoms with van der Waals surface area (Å²) in [5, 5.41) is 3.35. The largest absolute Gasteiger partial charge is 0.384 e. The molecule has 1 heterocycles. The first-order valence-corrected chi connectivity index (χ1v) is 12.9. The van der Waals surface area contributed by atoms with E-state index in [9.17, 15) is 17.6 Å². The molecule has 1 aliphatic carbocycles. The SMILES string of the molecule is COCCS(=O)(=O)N1CC[C@H](C(=O)N[C@H](c2c(F)ccc(Cl)c2Cl)C2(C)CCCC2)C1. The molecule has 0 spiro atoms. The van der Waals surface area contributed by atoms with E-state index in [-0.39, 0.29) is 52.4 Å². The normalized spacial score (nSPS) is 22.5. The van der Waals surface area contributed by atoms with Gasteiger partial charge >= 0.3 is 0 Å². The quantitative estimate of drug-likeness (QED) is 0.550. The molecule has 174 valence electrons. The van der Waals surface area contributed by atoms with E-state index in [1.54, 1.807) is 0 Å². The number of carbonyl (C=O) groups excluding carboxylic acids is 1. The van der Waals surface area contributed by atoms with Crippen molar-refractivity contribution in [1.82, 2.24) is 9.62 Å². The highest BCUT2D eigenvalue weighted by Gasteiger charge is 2.43. The Hall–Kier alpha value is -0.930. The molecular weight excluding hydrogens is 466 g/mol. The number of carbonyl (C=O) groups is 1. The number of benzene rings is 1. The van der Waals surface area contributed by atoms with E-state index in [1.165, 1.54) is 23.5 Å². The number of sulfonamides is 1. The molecule has 1 amide bonds. The number of hydrogen-bond acceptors (Lipinski definition) is 4. The number of hydrogen-bond donors (Lipinski definition) is 1. The molecule has 31 heavy (non-hydrogen) atoms. The second kappa shape index (κ2) is 9.91. The lowest BCUT2D eigenvalue weighted by Gasteiger charge is -2.36. The second-order valence-electron chi connectivity index (χ2n) is 8.71. The van der Waals surface area contributed by atoms with Crippen molar-refractivity contribution in [2.45, 2.75) is 45.1 Å². The van der Waals surface area contributed by atoms with E-state index in [2.05, 4.69) is 5.32 Å². The number of ether oxygens (including phenoxy) is 1. The van der Waals surface area contributed by atoms with Gasteiger partial charge in [-0.05, 0) is 36.8 Å². The van der Waals surface area contributed by atoms with E-state index >= 15 is 0 Å². The highest BCUT2D eigenvalue weighted by atomic mass is 35.5. The number of amides is 1. The summed E-state index contributed by atoms with van der Waals surface area (Å²) in [4.78, 5) is 13.2. The van der Waals surface area contributed by atoms with Crippen LogP contribution in [0.2, 0.25) is 10.0 Å². The molecular formula is C21H29Cl2FN2O4S. The Bertz CT molecular complexity index is 922. The average Bonchev–Trinajstić information content (AvgIpc) is 3.39. The van der Waals surface area contributed by atoms with E-state index in [0.717, 1.165) is 25.7 Å². The molecule has 1 aromatic rings. The van der Waals surface area contributed by atoms with Gasteiger partial charge in [-0.25, -0.2) is 17.1 Å². The van der Waals surface area contributed by atoms with E-state index < -0.39 is 27.8 Å². The van der Waals surface area contributed by atoms with Crippen LogP contribution in [0.3, 0.4) is 0 Å². The maximum absolute atomic E-state index is 14.9. The van der Waals surface area contributed by atoms with Gasteiger partial charge in [-0.15, -0.1) is 0 Å². The fraction of sp³-hybridized carbons (Fsp3) is 0.667. The van der Waals surface area contributed by atoms with Crippen molar-refractivity contribution >= 4 is 39.1 Å². The lowest BCUT2D eigenvalue weighted by molar-refractivity contribution is -0.126. The maximum atomic E-state index is 14.9. The molecule has 10 heteroatoms. The second-order valence-corrected chi connectivity index (χ2v) is 11.6. The summed E-state index contributed by atoms with van der Waals surface area (Å²) in [6.07, 6.45) is 4.02. The zero-order chi connectivity index (χ0) is 22.8. The minimum atomic E-state index is -3.49. The van der Waals surface area contributed by atoms with Crippen LogP contribution in [0.1, 0.15) is 50.6 Å². The fourth-order valence-electron chi connectivity index (χ4n) is 4.65. The number of nitrogens with one attached hydrogen (secondary N) is 1. The molecule has 0 unspecified atom stereocenters. The van der Waals surface area contributed by atoms with Crippen molar-refractivity contribution in [1.29, 1.82) is 0 Å². The maximum Gasteiger partial charge on any atom is 0.224 e. The van der Waals surface area contributed by atoms with Crippen LogP contribution in [-0.4, -0.2) is 51.2 Å². The number of nitrogens with zero attached hydrogens (tertiary/aromatic N) is 1. The Labute approximate surface area is 193 Å². The minimum absolute atomic E-state index is 0.0999. The lowest BCUT2D eigenvalue weighted by Crippen LogP contribution is -2.42. The van der Waals surface area contributed by atoms with Gasteiger partial charge in [-0.3, -0.25) is 4.79 Å². The van der Waals surface area contributed by atoms with E-state index in [0.29, 0.717) is 6.42 Å². The third-order valence-corrected chi connectivity index (χ3v) is 9.18. The Morgan fingerprint density at radius 1 is 1.35 bits per heavy atom. The molecule has 3 rings (SSSR count). The van der Waals surface area contributed by atoms with Gasteiger partial charge in [0, 0.05) is 25.8 Å². The van der Waals surface area contributed by atoms with Gasteiger partial charge in [0.1, 0.15) is 5.82 Å². The van der Waals surface area contributed by atoms with Crippen LogP contribution >= 0.6 is 23.2 Å². The van der Waals surface area contributed by atoms with Crippen LogP contribution in [0.25, 0.3) is 0 Å². The van der Waals surface area contributed by atoms with Crippen molar-refractivity contribution in [3.8, 4) is 0 Å². The Balaban J connectivity index is 1.82. The molecule has 6 nitrogen and oxygen atoms in total. The average molecular weight is 495 g/mol. The van der Waals surface area contributed by atoms with Crippen molar-refractivity contribution in [3.05, 3.63) is 33.6 Å². The van der Waals surface area contributed by atoms with Crippen LogP contribution in [0.5, 0.6) is 0 Å². The van der Waals surface area contributed by atoms with Gasteiger partial charge in [-0.1, -0.05) is 43.0 Å². The Morgan fingerprint density at radius 2 is 2.03 bits per heavy atom. The molecule has 0 aromatic heterocycles. The van der Waals surface area contributed by atoms with Crippen LogP contribution in [0.4, 0.5) is 4.39 Å². The zero-order valence-electron chi connectivity index (χ0n) is 17.8. The number of rotatable bonds is 8. The summed E-state index contributed by atoms with van der Waals surface area (Å²) in [6.45, 7) is 2.51. The zero-order valence-corrected chi connectivity index (χ0v) is 20.1. The summed E-state index contributed by atoms with van der Waals surface area (Å²) >= 11 is 12.5. The third kappa shape index (κ3) is 5.36. The summed E-state index contributed by atoms with van der Waals surface area (Å²) in [5.41, 5.74) is -0.164. The van der Waals surface area contributed by atoms with Crippen LogP contribution in [0.15, 0.2) is 12.1 Å². The van der Waals surface area contributed by atoms with Gasteiger partial charge in [0.2, 0.25) is 15.9 Å². The van der Waals surface area contributed by atoms with Crippen LogP contribution < -0.4 is 5.32 Å². The first-order chi connectivity index (χ1) is 14.6. The van der Waals surface area contributed by atoms with Gasteiger partial charge in [0.15, 0.2) is 0 Å². The molecule has 1 saturated carbocycles. The Morgan fingerprint density at radius 3 is 2.68 bits per heavy atom. The summed E-state index contributed by atoms with van der Waals surface area (Å²) in [7, 11) is -2.04. The smallest absolute Gasteiger partial charge is 0.224 e. The topological polar surface area (TPSA) is 75.7 Å². The third-order valence-electron chi connectivity index (χ3n) is 6.56. The lowest BCUT2D eigenvalue weighted by atomic mass is 9.76. The molecule has 1 aliphatic heterocycles. The standard InChI is InChI=1S/C21H29Cl2FN2O4S/c1-21(8-3-4-9-21)19(17-16(24)6-5-15(22)18(17)23)25-20(27)14-7-10-26(13-14)31(28,29)12-11-30-2/h5-6,14,19H,3-4,7-13H2,1-2H3,(H,25,27)/t14-,19+/m0/s1. The Kier molecular flexibility index (Phi) is 7.90. The number of halogens is 3. The van der Waals surface area contributed by atoms with Crippen molar-refractivity contribution < 1.29 is 22.3 Å². The first-order valence-electron chi connectivity index (χ1n) is 10.5. The molecule has 1 aromatic carbocycles. The predicted molar refractivity (Wildman–Crippen MR) is 119 cm³/mol. The fourth-order valence-corrected chi connectivity index (χ4v) is 6.50. The summed E-state index contributed by atoms with van der Waals surface area (Å²) in [5.74, 6) is -1.44. The number of methoxy groups -OCH3 is 1. The molecule has 1 N–H and O–H groups in total. The predicted octanol–water partition coefficient (Wildman–Crippen LogP) is 4.17. The highest BCUT2D eigenvalue weighted by molar-refractivity contribution is 7.89. The van der Waals surface area contributed by atoms with Gasteiger partial charge in [0.05, 0.1) is 34.4 Å². The van der Waals surface area contributed by atoms with E-state index in [1.807, 2.05) is 6.92 Å². The van der Waals surface area contributed by atoms with Crippen LogP contribution in [0, 0.1) is 17.2 Å². The molecule has 2 aliphatic rings. The molecule has 1 saturated heterocycles. The monoisotopic (exact) mass is 494 g/mol. The summed E-state index contributed by atoms with van der Waals surface area (Å²) < 4.78 is 45.9. The van der Waals surface area contributed by atoms with Crippen molar-refractivity contribution in [2.24, 2.45) is 11.3 Å². The molecule has 0 bridgehead atoms. The molecule has 2 fully saturated rings. The van der Waals surface area contributed by atoms with E-state index in [4.69, 9.17) is 27.9 Å². The van der Waals surface area contributed by atoms with Gasteiger partial charge in [0.25, 0.3) is 0 Å². The molecule has 2 atom stereocenters. The highest BCUT2D eigenvalue weighted by Crippen LogP contribution is 2.50.